The number of nitrogens with zero attached hydrogens (tertiary/aromatic N) is 6. The number of fused-ring (bicyclic) bond motifs is 16. The highest BCUT2D eigenvalue weighted by molar-refractivity contribution is 6.54. The van der Waals surface area contributed by atoms with Crippen molar-refractivity contribution in [2.75, 3.05) is 32.3 Å². The van der Waals surface area contributed by atoms with Gasteiger partial charge in [0.25, 0.3) is 0 Å². The van der Waals surface area contributed by atoms with Gasteiger partial charge in [-0.05, 0) is 48.5 Å². The van der Waals surface area contributed by atoms with Gasteiger partial charge >= 0.3 is 15.1 Å². The molecule has 0 atom stereocenters. The van der Waals surface area contributed by atoms with Gasteiger partial charge in [0.05, 0.1) is 11.4 Å². The number of rotatable bonds is 0. The normalized spacial score (nSPS) is 15.7. The number of ketones is 1. The summed E-state index contributed by atoms with van der Waals surface area (Å²) in [5, 5.41) is 0. The number of benzene rings is 2. The molecule has 0 saturated carbocycles. The number of carbonyl (C=O) groups excluding carboxylic acids is 1. The molecule has 0 saturated heterocycles. The molecule has 3 aliphatic rings. The molecule has 8 bridgehead atoms. The van der Waals surface area contributed by atoms with Crippen LogP contribution >= 0.6 is 0 Å². The molecule has 0 spiro atoms. The van der Waals surface area contributed by atoms with Crippen molar-refractivity contribution in [2.45, 2.75) is 0 Å². The third kappa shape index (κ3) is 2.90. The van der Waals surface area contributed by atoms with Gasteiger partial charge in [-0.25, -0.2) is 9.97 Å². The number of carbonyl (C=O) groups is 1. The van der Waals surface area contributed by atoms with Crippen LogP contribution in [0.25, 0.3) is 0 Å². The molecule has 0 fully saturated rings. The van der Waals surface area contributed by atoms with Gasteiger partial charge in [0.2, 0.25) is 5.78 Å². The summed E-state index contributed by atoms with van der Waals surface area (Å²) in [6.07, 6.45) is 0. The lowest BCUT2D eigenvalue weighted by atomic mass is 10.1. The predicted molar refractivity (Wildman–Crippen MR) is 135 cm³/mol. The molecule has 3 aliphatic heterocycles. The van der Waals surface area contributed by atoms with Crippen LogP contribution in [0.5, 0.6) is 0 Å². The fraction of sp³-hybridized carbons (Fsp3) is 0.0800. The Morgan fingerprint density at radius 3 is 1.47 bits per heavy atom. The second kappa shape index (κ2) is 7.38. The van der Waals surface area contributed by atoms with E-state index in [2.05, 4.69) is 49.0 Å². The zero-order valence-electron chi connectivity index (χ0n) is 18.2. The molecule has 7 rings (SSSR count). The Morgan fingerprint density at radius 2 is 1.00 bits per heavy atom. The van der Waals surface area contributed by atoms with Gasteiger partial charge in [-0.3, -0.25) is 4.79 Å². The summed E-state index contributed by atoms with van der Waals surface area (Å²) in [6.45, 7) is 1.55. The van der Waals surface area contributed by atoms with E-state index in [0.717, 1.165) is 35.8 Å². The Bertz CT molecular complexity index is 1340. The number of aromatic nitrogens is 2. The first-order valence-electron chi connectivity index (χ1n) is 11.2. The fourth-order valence-corrected chi connectivity index (χ4v) is 4.79. The van der Waals surface area contributed by atoms with Crippen molar-refractivity contribution in [3.8, 4) is 0 Å². The molecule has 5 heterocycles. The molecule has 2 aromatic carbocycles. The molecule has 9 heteroatoms. The standard InChI is InChI=1S/C25H18B2N6O/c34-25-17-7-5-13-23(28-17)32-21-11-3-1-9-19(21)30(26-32)15-16-31-20-10-2-4-12-22(20)33(27-31)24-14-6-8-18(25)29-24/h1-14H,15-16H2. The molecule has 0 N–H and O–H groups in total. The number of hydrogen-bond donors (Lipinski definition) is 0. The lowest BCUT2D eigenvalue weighted by Crippen LogP contribution is -2.41. The SMILES string of the molecule is O=C1c2cccc(n2)N2[B]N(CCN3[B]N(c4cccc1n4)c1ccccc13)c1ccccc12. The fourth-order valence-electron chi connectivity index (χ4n) is 4.79. The number of hydrogen-bond acceptors (Lipinski definition) is 7. The van der Waals surface area contributed by atoms with Crippen LogP contribution in [0.2, 0.25) is 0 Å². The highest BCUT2D eigenvalue weighted by Crippen LogP contribution is 2.41. The summed E-state index contributed by atoms with van der Waals surface area (Å²) in [7, 11) is 4.14. The van der Waals surface area contributed by atoms with Crippen molar-refractivity contribution in [1.29, 1.82) is 0 Å². The van der Waals surface area contributed by atoms with Crippen LogP contribution in [0.15, 0.2) is 84.9 Å². The summed E-state index contributed by atoms with van der Waals surface area (Å²) in [4.78, 5) is 31.4. The highest BCUT2D eigenvalue weighted by atomic mass is 16.1. The number of para-hydroxylation sites is 4. The van der Waals surface area contributed by atoms with E-state index in [-0.39, 0.29) is 5.78 Å². The molecule has 2 radical (unpaired) electrons. The van der Waals surface area contributed by atoms with E-state index in [1.807, 2.05) is 58.2 Å². The molecule has 0 unspecified atom stereocenters. The predicted octanol–water partition coefficient (Wildman–Crippen LogP) is 3.71. The molecule has 4 aromatic rings. The van der Waals surface area contributed by atoms with Crippen molar-refractivity contribution in [2.24, 2.45) is 0 Å². The molecule has 7 nitrogen and oxygen atoms in total. The zero-order valence-corrected chi connectivity index (χ0v) is 18.2. The molecular formula is C25H18B2N6O. The van der Waals surface area contributed by atoms with Gasteiger partial charge in [-0.15, -0.1) is 0 Å². The molecular weight excluding hydrogens is 422 g/mol. The minimum Gasteiger partial charge on any atom is -0.395 e. The minimum atomic E-state index is -0.202. The summed E-state index contributed by atoms with van der Waals surface area (Å²) >= 11 is 0. The van der Waals surface area contributed by atoms with E-state index in [1.165, 1.54) is 0 Å². The molecule has 34 heavy (non-hydrogen) atoms. The minimum absolute atomic E-state index is 0.202. The maximum atomic E-state index is 13.4. The van der Waals surface area contributed by atoms with Crippen molar-refractivity contribution in [1.82, 2.24) is 9.97 Å². The number of anilines is 6. The number of pyridine rings is 2. The van der Waals surface area contributed by atoms with Crippen LogP contribution in [-0.4, -0.2) is 43.9 Å². The summed E-state index contributed by atoms with van der Waals surface area (Å²) in [5.74, 6) is 1.20. The van der Waals surface area contributed by atoms with Crippen molar-refractivity contribution >= 4 is 55.3 Å². The topological polar surface area (TPSA) is 55.8 Å². The quantitative estimate of drug-likeness (QED) is 0.387. The summed E-state index contributed by atoms with van der Waals surface area (Å²) in [6, 6.07) is 27.6. The Kier molecular flexibility index (Phi) is 4.17. The second-order valence-corrected chi connectivity index (χ2v) is 8.43. The smallest absolute Gasteiger partial charge is 0.395 e. The van der Waals surface area contributed by atoms with Gasteiger partial charge in [0.15, 0.2) is 0 Å². The third-order valence-electron chi connectivity index (χ3n) is 6.42. The van der Waals surface area contributed by atoms with Crippen molar-refractivity contribution in [3.63, 3.8) is 0 Å². The van der Waals surface area contributed by atoms with Crippen LogP contribution in [0, 0.1) is 0 Å². The first-order chi connectivity index (χ1) is 16.8. The molecule has 0 amide bonds. The average Bonchev–Trinajstić information content (AvgIpc) is 3.45. The Hall–Kier alpha value is -4.26. The van der Waals surface area contributed by atoms with Gasteiger partial charge in [-0.1, -0.05) is 36.4 Å². The van der Waals surface area contributed by atoms with E-state index < -0.39 is 0 Å². The zero-order chi connectivity index (χ0) is 22.6. The maximum absolute atomic E-state index is 13.4. The summed E-state index contributed by atoms with van der Waals surface area (Å²) < 4.78 is 0. The van der Waals surface area contributed by atoms with Crippen molar-refractivity contribution in [3.05, 3.63) is 96.3 Å². The van der Waals surface area contributed by atoms with Gasteiger partial charge in [-0.2, -0.15) is 0 Å². The second-order valence-electron chi connectivity index (χ2n) is 8.43. The van der Waals surface area contributed by atoms with Crippen LogP contribution in [0.3, 0.4) is 0 Å². The largest absolute Gasteiger partial charge is 0.397 e. The first-order valence-corrected chi connectivity index (χ1v) is 11.2. The van der Waals surface area contributed by atoms with Gasteiger partial charge in [0, 0.05) is 24.5 Å². The lowest BCUT2D eigenvalue weighted by Gasteiger charge is -2.24. The van der Waals surface area contributed by atoms with Gasteiger partial charge < -0.3 is 19.2 Å². The van der Waals surface area contributed by atoms with Crippen LogP contribution in [0.4, 0.5) is 34.4 Å². The van der Waals surface area contributed by atoms with E-state index in [4.69, 9.17) is 9.97 Å². The maximum Gasteiger partial charge on any atom is 0.397 e. The Morgan fingerprint density at radius 1 is 0.559 bits per heavy atom. The Labute approximate surface area is 198 Å². The van der Waals surface area contributed by atoms with Crippen LogP contribution < -0.4 is 19.2 Å². The monoisotopic (exact) mass is 440 g/mol. The van der Waals surface area contributed by atoms with Crippen LogP contribution in [-0.2, 0) is 0 Å². The van der Waals surface area contributed by atoms with E-state index in [1.54, 1.807) is 12.1 Å². The summed E-state index contributed by atoms with van der Waals surface area (Å²) in [5.41, 5.74) is 5.05. The molecule has 0 aliphatic carbocycles. The van der Waals surface area contributed by atoms with Crippen molar-refractivity contribution < 1.29 is 4.79 Å². The van der Waals surface area contributed by atoms with E-state index >= 15 is 0 Å². The molecule has 160 valence electrons. The Balaban J connectivity index is 1.40. The van der Waals surface area contributed by atoms with E-state index in [9.17, 15) is 4.79 Å². The van der Waals surface area contributed by atoms with E-state index in [0.29, 0.717) is 23.0 Å². The first kappa shape index (κ1) is 19.2. The third-order valence-corrected chi connectivity index (χ3v) is 6.42. The average molecular weight is 440 g/mol. The molecule has 2 aromatic heterocycles. The lowest BCUT2D eigenvalue weighted by molar-refractivity contribution is 0.103. The van der Waals surface area contributed by atoms with Gasteiger partial charge in [0.1, 0.15) is 23.0 Å². The highest BCUT2D eigenvalue weighted by Gasteiger charge is 2.34. The van der Waals surface area contributed by atoms with Crippen LogP contribution in [0.1, 0.15) is 16.2 Å².